The van der Waals surface area contributed by atoms with Crippen molar-refractivity contribution in [3.8, 4) is 0 Å². The average molecular weight is 161 g/mol. The zero-order valence-corrected chi connectivity index (χ0v) is 7.43. The van der Waals surface area contributed by atoms with Gasteiger partial charge in [0.25, 0.3) is 0 Å². The minimum Gasteiger partial charge on any atom is -0.389 e. The SMILES string of the molecule is CCCC(O)(CC)CNCO. The second-order valence-corrected chi connectivity index (χ2v) is 2.91. The fourth-order valence-electron chi connectivity index (χ4n) is 1.14. The van der Waals surface area contributed by atoms with Crippen molar-refractivity contribution in [1.29, 1.82) is 0 Å². The number of hydrogen-bond donors (Lipinski definition) is 3. The van der Waals surface area contributed by atoms with Crippen LogP contribution in [0.4, 0.5) is 0 Å². The Morgan fingerprint density at radius 2 is 2.00 bits per heavy atom. The van der Waals surface area contributed by atoms with Gasteiger partial charge in [0.2, 0.25) is 0 Å². The average Bonchev–Trinajstić information content (AvgIpc) is 2.02. The third kappa shape index (κ3) is 4.35. The number of rotatable bonds is 6. The number of nitrogens with one attached hydrogen (secondary N) is 1. The Morgan fingerprint density at radius 3 is 2.36 bits per heavy atom. The number of aliphatic hydroxyl groups excluding tert-OH is 1. The molecule has 0 amide bonds. The van der Waals surface area contributed by atoms with E-state index in [1.165, 1.54) is 0 Å². The molecule has 0 aliphatic heterocycles. The molecule has 0 aromatic rings. The summed E-state index contributed by atoms with van der Waals surface area (Å²) in [5.74, 6) is 0. The highest BCUT2D eigenvalue weighted by Crippen LogP contribution is 2.15. The van der Waals surface area contributed by atoms with E-state index in [4.69, 9.17) is 5.11 Å². The van der Waals surface area contributed by atoms with Crippen LogP contribution in [0.2, 0.25) is 0 Å². The van der Waals surface area contributed by atoms with E-state index in [9.17, 15) is 5.11 Å². The van der Waals surface area contributed by atoms with E-state index in [0.717, 1.165) is 19.3 Å². The maximum atomic E-state index is 9.78. The second-order valence-electron chi connectivity index (χ2n) is 2.91. The van der Waals surface area contributed by atoms with Crippen LogP contribution in [0.25, 0.3) is 0 Å². The number of aliphatic hydroxyl groups is 2. The summed E-state index contributed by atoms with van der Waals surface area (Å²) in [6.45, 7) is 4.41. The Bertz CT molecular complexity index is 98.1. The first kappa shape index (κ1) is 10.9. The van der Waals surface area contributed by atoms with E-state index in [-0.39, 0.29) is 6.73 Å². The molecule has 0 aliphatic carbocycles. The first-order chi connectivity index (χ1) is 5.18. The van der Waals surface area contributed by atoms with Gasteiger partial charge in [-0.3, -0.25) is 5.32 Å². The minimum atomic E-state index is -0.627. The van der Waals surface area contributed by atoms with Crippen LogP contribution in [0.3, 0.4) is 0 Å². The molecule has 0 spiro atoms. The van der Waals surface area contributed by atoms with Crippen molar-refractivity contribution in [2.45, 2.75) is 38.7 Å². The van der Waals surface area contributed by atoms with E-state index in [2.05, 4.69) is 5.32 Å². The third-order valence-corrected chi connectivity index (χ3v) is 1.94. The van der Waals surface area contributed by atoms with Gasteiger partial charge >= 0.3 is 0 Å². The standard InChI is InChI=1S/C8H19NO2/c1-3-5-8(11,4-2)6-9-7-10/h9-11H,3-7H2,1-2H3. The smallest absolute Gasteiger partial charge is 0.0932 e. The molecule has 0 bridgehead atoms. The Kier molecular flexibility index (Phi) is 5.46. The molecule has 3 heteroatoms. The van der Waals surface area contributed by atoms with Gasteiger partial charge in [-0.05, 0) is 12.8 Å². The van der Waals surface area contributed by atoms with Crippen LogP contribution in [0.5, 0.6) is 0 Å². The molecule has 0 saturated carbocycles. The molecule has 68 valence electrons. The molecule has 0 aromatic heterocycles. The van der Waals surface area contributed by atoms with Gasteiger partial charge in [0.05, 0.1) is 12.3 Å². The second kappa shape index (κ2) is 5.52. The predicted octanol–water partition coefficient (Wildman–Crippen LogP) is 0.467. The molecule has 11 heavy (non-hydrogen) atoms. The maximum absolute atomic E-state index is 9.78. The Labute approximate surface area is 68.4 Å². The maximum Gasteiger partial charge on any atom is 0.0932 e. The molecule has 0 aliphatic rings. The Morgan fingerprint density at radius 1 is 1.36 bits per heavy atom. The van der Waals surface area contributed by atoms with Gasteiger partial charge in [0.1, 0.15) is 0 Å². The quantitative estimate of drug-likeness (QED) is 0.496. The van der Waals surface area contributed by atoms with Crippen molar-refractivity contribution in [2.24, 2.45) is 0 Å². The lowest BCUT2D eigenvalue weighted by molar-refractivity contribution is 0.0213. The highest BCUT2D eigenvalue weighted by atomic mass is 16.3. The van der Waals surface area contributed by atoms with Crippen molar-refractivity contribution >= 4 is 0 Å². The summed E-state index contributed by atoms with van der Waals surface area (Å²) in [6.07, 6.45) is 2.49. The summed E-state index contributed by atoms with van der Waals surface area (Å²) in [5, 5.41) is 21.0. The van der Waals surface area contributed by atoms with Crippen molar-refractivity contribution in [3.63, 3.8) is 0 Å². The molecule has 0 fully saturated rings. The summed E-state index contributed by atoms with van der Waals surface area (Å²) in [4.78, 5) is 0. The summed E-state index contributed by atoms with van der Waals surface area (Å²) in [7, 11) is 0. The predicted molar refractivity (Wildman–Crippen MR) is 45.2 cm³/mol. The molecular formula is C8H19NO2. The van der Waals surface area contributed by atoms with Gasteiger partial charge < -0.3 is 10.2 Å². The van der Waals surface area contributed by atoms with Crippen LogP contribution in [0, 0.1) is 0 Å². The van der Waals surface area contributed by atoms with Crippen molar-refractivity contribution in [1.82, 2.24) is 5.32 Å². The fourth-order valence-corrected chi connectivity index (χ4v) is 1.14. The normalized spacial score (nSPS) is 16.4. The van der Waals surface area contributed by atoms with Crippen LogP contribution < -0.4 is 5.32 Å². The van der Waals surface area contributed by atoms with Gasteiger partial charge in [0.15, 0.2) is 0 Å². The van der Waals surface area contributed by atoms with E-state index < -0.39 is 5.60 Å². The Balaban J connectivity index is 3.68. The lowest BCUT2D eigenvalue weighted by atomic mass is 9.95. The van der Waals surface area contributed by atoms with E-state index >= 15 is 0 Å². The van der Waals surface area contributed by atoms with Gasteiger partial charge in [0, 0.05) is 6.54 Å². The molecule has 0 heterocycles. The van der Waals surface area contributed by atoms with E-state index in [1.807, 2.05) is 13.8 Å². The minimum absolute atomic E-state index is 0.0635. The van der Waals surface area contributed by atoms with E-state index in [1.54, 1.807) is 0 Å². The summed E-state index contributed by atoms with van der Waals surface area (Å²) < 4.78 is 0. The fraction of sp³-hybridized carbons (Fsp3) is 1.00. The van der Waals surface area contributed by atoms with Gasteiger partial charge in [-0.25, -0.2) is 0 Å². The van der Waals surface area contributed by atoms with Crippen LogP contribution in [-0.4, -0.2) is 29.1 Å². The van der Waals surface area contributed by atoms with Crippen LogP contribution >= 0.6 is 0 Å². The molecule has 0 saturated heterocycles. The topological polar surface area (TPSA) is 52.5 Å². The van der Waals surface area contributed by atoms with Crippen molar-refractivity contribution < 1.29 is 10.2 Å². The molecule has 0 radical (unpaired) electrons. The first-order valence-corrected chi connectivity index (χ1v) is 4.22. The van der Waals surface area contributed by atoms with Crippen LogP contribution in [-0.2, 0) is 0 Å². The van der Waals surface area contributed by atoms with Crippen LogP contribution in [0.15, 0.2) is 0 Å². The van der Waals surface area contributed by atoms with Crippen LogP contribution in [0.1, 0.15) is 33.1 Å². The summed E-state index contributed by atoms with van der Waals surface area (Å²) in [6, 6.07) is 0. The highest BCUT2D eigenvalue weighted by Gasteiger charge is 2.22. The molecule has 3 nitrogen and oxygen atoms in total. The molecule has 3 N–H and O–H groups in total. The first-order valence-electron chi connectivity index (χ1n) is 4.22. The number of hydrogen-bond acceptors (Lipinski definition) is 3. The van der Waals surface area contributed by atoms with Gasteiger partial charge in [-0.1, -0.05) is 20.3 Å². The van der Waals surface area contributed by atoms with Crippen molar-refractivity contribution in [3.05, 3.63) is 0 Å². The molecule has 0 rings (SSSR count). The summed E-state index contributed by atoms with van der Waals surface area (Å²) in [5.41, 5.74) is -0.627. The lowest BCUT2D eigenvalue weighted by Crippen LogP contribution is -2.40. The lowest BCUT2D eigenvalue weighted by Gasteiger charge is -2.26. The molecule has 1 unspecified atom stereocenters. The third-order valence-electron chi connectivity index (χ3n) is 1.94. The van der Waals surface area contributed by atoms with Crippen molar-refractivity contribution in [2.75, 3.05) is 13.3 Å². The largest absolute Gasteiger partial charge is 0.389 e. The molecule has 0 aromatic carbocycles. The summed E-state index contributed by atoms with van der Waals surface area (Å²) >= 11 is 0. The molecular weight excluding hydrogens is 142 g/mol. The van der Waals surface area contributed by atoms with Gasteiger partial charge in [-0.2, -0.15) is 0 Å². The Hall–Kier alpha value is -0.120. The highest BCUT2D eigenvalue weighted by molar-refractivity contribution is 4.77. The molecule has 1 atom stereocenters. The monoisotopic (exact) mass is 161 g/mol. The van der Waals surface area contributed by atoms with E-state index in [0.29, 0.717) is 6.54 Å². The zero-order valence-electron chi connectivity index (χ0n) is 7.43. The van der Waals surface area contributed by atoms with Gasteiger partial charge in [-0.15, -0.1) is 0 Å². The zero-order chi connectivity index (χ0) is 8.74.